The Bertz CT molecular complexity index is 670. The van der Waals surface area contributed by atoms with Crippen LogP contribution >= 0.6 is 22.9 Å². The van der Waals surface area contributed by atoms with Crippen LogP contribution in [0.15, 0.2) is 36.5 Å². The second-order valence-corrected chi connectivity index (χ2v) is 5.64. The molecule has 2 heterocycles. The van der Waals surface area contributed by atoms with Crippen molar-refractivity contribution in [1.29, 1.82) is 0 Å². The Morgan fingerprint density at radius 1 is 1.26 bits per heavy atom. The highest BCUT2D eigenvalue weighted by atomic mass is 35.5. The molecule has 5 heteroatoms. The fourth-order valence-corrected chi connectivity index (χ4v) is 3.06. The van der Waals surface area contributed by atoms with E-state index >= 15 is 0 Å². The van der Waals surface area contributed by atoms with Gasteiger partial charge in [-0.15, -0.1) is 0 Å². The summed E-state index contributed by atoms with van der Waals surface area (Å²) in [6.07, 6.45) is 1.79. The first-order chi connectivity index (χ1) is 9.24. The molecule has 3 nitrogen and oxygen atoms in total. The number of hydrogen-bond donors (Lipinski definition) is 1. The van der Waals surface area contributed by atoms with Crippen LogP contribution in [0.2, 0.25) is 5.02 Å². The Kier molecular flexibility index (Phi) is 3.36. The van der Waals surface area contributed by atoms with E-state index in [0.29, 0.717) is 6.54 Å². The number of aromatic nitrogens is 2. The summed E-state index contributed by atoms with van der Waals surface area (Å²) in [6.45, 7) is 2.71. The molecule has 96 valence electrons. The number of pyridine rings is 1. The van der Waals surface area contributed by atoms with Crippen molar-refractivity contribution in [3.05, 3.63) is 52.8 Å². The number of benzene rings is 1. The second-order valence-electron chi connectivity index (χ2n) is 4.24. The summed E-state index contributed by atoms with van der Waals surface area (Å²) < 4.78 is 1.03. The predicted molar refractivity (Wildman–Crippen MR) is 80.9 cm³/mol. The van der Waals surface area contributed by atoms with E-state index in [0.717, 1.165) is 31.6 Å². The highest BCUT2D eigenvalue weighted by molar-refractivity contribution is 7.22. The fourth-order valence-electron chi connectivity index (χ4n) is 1.85. The highest BCUT2D eigenvalue weighted by Gasteiger charge is 2.09. The lowest BCUT2D eigenvalue weighted by Gasteiger charge is -2.00. The first-order valence-corrected chi connectivity index (χ1v) is 7.13. The topological polar surface area (TPSA) is 37.8 Å². The van der Waals surface area contributed by atoms with E-state index in [4.69, 9.17) is 11.6 Å². The number of aryl methyl sites for hydroxylation is 1. The standard InChI is InChI=1S/C14H12ClN3S/c1-9-5-6-11(15)13-12(9)18-14(19-13)17-8-10-4-2-3-7-16-10/h2-7H,8H2,1H3,(H,17,18). The number of fused-ring (bicyclic) bond motifs is 1. The van der Waals surface area contributed by atoms with E-state index in [1.165, 1.54) is 0 Å². The first kappa shape index (κ1) is 12.4. The summed E-state index contributed by atoms with van der Waals surface area (Å²) in [6, 6.07) is 9.78. The molecule has 0 radical (unpaired) electrons. The van der Waals surface area contributed by atoms with Crippen LogP contribution in [-0.4, -0.2) is 9.97 Å². The van der Waals surface area contributed by atoms with Gasteiger partial charge in [0, 0.05) is 6.20 Å². The van der Waals surface area contributed by atoms with Gasteiger partial charge in [0.2, 0.25) is 0 Å². The number of rotatable bonds is 3. The van der Waals surface area contributed by atoms with Gasteiger partial charge in [0.15, 0.2) is 5.13 Å². The Labute approximate surface area is 120 Å². The average molecular weight is 290 g/mol. The number of nitrogens with one attached hydrogen (secondary N) is 1. The van der Waals surface area contributed by atoms with Gasteiger partial charge in [0.05, 0.1) is 27.5 Å². The third kappa shape index (κ3) is 2.55. The molecule has 0 aliphatic heterocycles. The Hall–Kier alpha value is -1.65. The zero-order valence-electron chi connectivity index (χ0n) is 10.4. The summed E-state index contributed by atoms with van der Waals surface area (Å²) in [5.74, 6) is 0. The molecular weight excluding hydrogens is 278 g/mol. The smallest absolute Gasteiger partial charge is 0.184 e. The third-order valence-corrected chi connectivity index (χ3v) is 4.32. The summed E-state index contributed by atoms with van der Waals surface area (Å²) >= 11 is 7.77. The molecule has 2 aromatic heterocycles. The van der Waals surface area contributed by atoms with Crippen LogP contribution in [0, 0.1) is 6.92 Å². The molecule has 0 aliphatic carbocycles. The molecule has 0 aliphatic rings. The summed E-state index contributed by atoms with van der Waals surface area (Å²) in [5, 5.41) is 4.92. The van der Waals surface area contributed by atoms with Crippen molar-refractivity contribution in [2.45, 2.75) is 13.5 Å². The average Bonchev–Trinajstić information content (AvgIpc) is 2.87. The van der Waals surface area contributed by atoms with Gasteiger partial charge in [-0.05, 0) is 30.7 Å². The molecule has 1 N–H and O–H groups in total. The zero-order chi connectivity index (χ0) is 13.2. The molecule has 3 rings (SSSR count). The van der Waals surface area contributed by atoms with Gasteiger partial charge >= 0.3 is 0 Å². The van der Waals surface area contributed by atoms with Crippen molar-refractivity contribution in [2.24, 2.45) is 0 Å². The van der Waals surface area contributed by atoms with Crippen molar-refractivity contribution < 1.29 is 0 Å². The maximum absolute atomic E-state index is 6.19. The minimum Gasteiger partial charge on any atom is -0.356 e. The maximum atomic E-state index is 6.19. The molecule has 19 heavy (non-hydrogen) atoms. The van der Waals surface area contributed by atoms with Crippen LogP contribution in [0.4, 0.5) is 5.13 Å². The third-order valence-electron chi connectivity index (χ3n) is 2.84. The van der Waals surface area contributed by atoms with Crippen LogP contribution in [0.5, 0.6) is 0 Å². The molecule has 1 aromatic carbocycles. The minimum absolute atomic E-state index is 0.664. The lowest BCUT2D eigenvalue weighted by molar-refractivity contribution is 1.04. The fraction of sp³-hybridized carbons (Fsp3) is 0.143. The van der Waals surface area contributed by atoms with Gasteiger partial charge in [-0.2, -0.15) is 0 Å². The monoisotopic (exact) mass is 289 g/mol. The van der Waals surface area contributed by atoms with Crippen molar-refractivity contribution in [1.82, 2.24) is 9.97 Å². The number of thiazole rings is 1. The maximum Gasteiger partial charge on any atom is 0.184 e. The van der Waals surface area contributed by atoms with Crippen LogP contribution < -0.4 is 5.32 Å². The van der Waals surface area contributed by atoms with Crippen molar-refractivity contribution in [3.63, 3.8) is 0 Å². The normalized spacial score (nSPS) is 10.8. The van der Waals surface area contributed by atoms with E-state index < -0.39 is 0 Å². The molecule has 0 saturated heterocycles. The van der Waals surface area contributed by atoms with E-state index in [9.17, 15) is 0 Å². The molecule has 0 spiro atoms. The molecule has 3 aromatic rings. The van der Waals surface area contributed by atoms with E-state index in [1.807, 2.05) is 37.3 Å². The Morgan fingerprint density at radius 3 is 2.89 bits per heavy atom. The van der Waals surface area contributed by atoms with Crippen molar-refractivity contribution >= 4 is 38.3 Å². The number of halogens is 1. The van der Waals surface area contributed by atoms with Crippen LogP contribution in [0.25, 0.3) is 10.2 Å². The molecule has 0 atom stereocenters. The quantitative estimate of drug-likeness (QED) is 0.782. The van der Waals surface area contributed by atoms with Crippen molar-refractivity contribution in [2.75, 3.05) is 5.32 Å². The molecule has 0 bridgehead atoms. The Morgan fingerprint density at radius 2 is 2.16 bits per heavy atom. The summed E-state index contributed by atoms with van der Waals surface area (Å²) in [4.78, 5) is 8.85. The number of anilines is 1. The minimum atomic E-state index is 0.664. The first-order valence-electron chi connectivity index (χ1n) is 5.93. The van der Waals surface area contributed by atoms with Gasteiger partial charge in [-0.3, -0.25) is 4.98 Å². The molecule has 0 fully saturated rings. The SMILES string of the molecule is Cc1ccc(Cl)c2sc(NCc3ccccn3)nc12. The summed E-state index contributed by atoms with van der Waals surface area (Å²) in [5.41, 5.74) is 3.10. The van der Waals surface area contributed by atoms with Crippen LogP contribution in [-0.2, 0) is 6.54 Å². The molecular formula is C14H12ClN3S. The van der Waals surface area contributed by atoms with Gasteiger partial charge in [-0.1, -0.05) is 35.1 Å². The van der Waals surface area contributed by atoms with E-state index in [-0.39, 0.29) is 0 Å². The number of hydrogen-bond acceptors (Lipinski definition) is 4. The van der Waals surface area contributed by atoms with Gasteiger partial charge in [-0.25, -0.2) is 4.98 Å². The molecule has 0 saturated carbocycles. The van der Waals surface area contributed by atoms with E-state index in [1.54, 1.807) is 17.5 Å². The molecule has 0 amide bonds. The largest absolute Gasteiger partial charge is 0.356 e. The Balaban J connectivity index is 1.86. The lowest BCUT2D eigenvalue weighted by atomic mass is 10.2. The van der Waals surface area contributed by atoms with Gasteiger partial charge in [0.25, 0.3) is 0 Å². The number of nitrogens with zero attached hydrogens (tertiary/aromatic N) is 2. The second kappa shape index (κ2) is 5.15. The van der Waals surface area contributed by atoms with E-state index in [2.05, 4.69) is 15.3 Å². The predicted octanol–water partition coefficient (Wildman–Crippen LogP) is 4.27. The van der Waals surface area contributed by atoms with Crippen molar-refractivity contribution in [3.8, 4) is 0 Å². The lowest BCUT2D eigenvalue weighted by Crippen LogP contribution is -2.00. The zero-order valence-corrected chi connectivity index (χ0v) is 11.9. The van der Waals surface area contributed by atoms with Crippen LogP contribution in [0.3, 0.4) is 0 Å². The van der Waals surface area contributed by atoms with Gasteiger partial charge < -0.3 is 5.32 Å². The summed E-state index contributed by atoms with van der Waals surface area (Å²) in [7, 11) is 0. The molecule has 0 unspecified atom stereocenters. The highest BCUT2D eigenvalue weighted by Crippen LogP contribution is 2.33. The van der Waals surface area contributed by atoms with Crippen LogP contribution in [0.1, 0.15) is 11.3 Å². The van der Waals surface area contributed by atoms with Gasteiger partial charge in [0.1, 0.15) is 0 Å².